The first-order chi connectivity index (χ1) is 12.5. The lowest BCUT2D eigenvalue weighted by molar-refractivity contribution is -0.116. The van der Waals surface area contributed by atoms with Crippen molar-refractivity contribution in [3.05, 3.63) is 41.2 Å². The number of anilines is 2. The zero-order valence-electron chi connectivity index (χ0n) is 15.0. The summed E-state index contributed by atoms with van der Waals surface area (Å²) < 4.78 is 1.66. The van der Waals surface area contributed by atoms with E-state index in [9.17, 15) is 9.59 Å². The highest BCUT2D eigenvalue weighted by Crippen LogP contribution is 2.30. The van der Waals surface area contributed by atoms with E-state index in [1.54, 1.807) is 16.5 Å². The van der Waals surface area contributed by atoms with Gasteiger partial charge in [-0.25, -0.2) is 0 Å². The van der Waals surface area contributed by atoms with E-state index in [1.165, 1.54) is 6.20 Å². The van der Waals surface area contributed by atoms with Gasteiger partial charge in [-0.2, -0.15) is 10.4 Å². The highest BCUT2D eigenvalue weighted by Gasteiger charge is 2.21. The third-order valence-electron chi connectivity index (χ3n) is 4.62. The van der Waals surface area contributed by atoms with E-state index in [1.807, 2.05) is 25.1 Å². The molecule has 1 aromatic heterocycles. The molecule has 2 amide bonds. The Hall–Kier alpha value is -3.14. The smallest absolute Gasteiger partial charge is 0.259 e. The van der Waals surface area contributed by atoms with Crippen LogP contribution in [-0.4, -0.2) is 28.1 Å². The summed E-state index contributed by atoms with van der Waals surface area (Å²) >= 11 is 0. The van der Waals surface area contributed by atoms with E-state index in [4.69, 9.17) is 5.26 Å². The maximum absolute atomic E-state index is 12.6. The number of benzene rings is 1. The minimum atomic E-state index is -0.232. The fourth-order valence-electron chi connectivity index (χ4n) is 3.25. The van der Waals surface area contributed by atoms with Crippen LogP contribution in [0.4, 0.5) is 11.4 Å². The lowest BCUT2D eigenvalue weighted by Crippen LogP contribution is -2.33. The number of hydrogen-bond donors (Lipinski definition) is 1. The molecule has 1 N–H and O–H groups in total. The Balaban J connectivity index is 1.77. The number of aromatic nitrogens is 2. The van der Waals surface area contributed by atoms with E-state index < -0.39 is 0 Å². The quantitative estimate of drug-likeness (QED) is 0.917. The Morgan fingerprint density at radius 1 is 1.38 bits per heavy atom. The summed E-state index contributed by atoms with van der Waals surface area (Å²) in [7, 11) is 0. The van der Waals surface area contributed by atoms with Crippen molar-refractivity contribution in [2.45, 2.75) is 39.7 Å². The SMILES string of the molecule is CC(=O)N1CCCc2cc(NC(=O)c3cnn(CCC#N)c3C)ccc21. The van der Waals surface area contributed by atoms with Crippen molar-refractivity contribution in [2.24, 2.45) is 0 Å². The number of aryl methyl sites for hydroxylation is 2. The third-order valence-corrected chi connectivity index (χ3v) is 4.62. The maximum Gasteiger partial charge on any atom is 0.259 e. The highest BCUT2D eigenvalue weighted by atomic mass is 16.2. The molecule has 7 nitrogen and oxygen atoms in total. The summed E-state index contributed by atoms with van der Waals surface area (Å²) in [6, 6.07) is 7.70. The number of nitriles is 1. The minimum Gasteiger partial charge on any atom is -0.322 e. The van der Waals surface area contributed by atoms with E-state index >= 15 is 0 Å². The summed E-state index contributed by atoms with van der Waals surface area (Å²) in [4.78, 5) is 26.1. The van der Waals surface area contributed by atoms with Crippen LogP contribution in [0.3, 0.4) is 0 Å². The molecule has 7 heteroatoms. The lowest BCUT2D eigenvalue weighted by Gasteiger charge is -2.29. The monoisotopic (exact) mass is 351 g/mol. The van der Waals surface area contributed by atoms with Crippen LogP contribution in [-0.2, 0) is 17.8 Å². The number of hydrogen-bond acceptors (Lipinski definition) is 4. The summed E-state index contributed by atoms with van der Waals surface area (Å²) in [5.41, 5.74) is 3.90. The maximum atomic E-state index is 12.6. The first-order valence-electron chi connectivity index (χ1n) is 8.63. The van der Waals surface area contributed by atoms with Gasteiger partial charge in [0.05, 0.1) is 30.8 Å². The second-order valence-corrected chi connectivity index (χ2v) is 6.35. The Bertz CT molecular complexity index is 894. The molecular weight excluding hydrogens is 330 g/mol. The summed E-state index contributed by atoms with van der Waals surface area (Å²) in [5, 5.41) is 15.8. The van der Waals surface area contributed by atoms with Crippen LogP contribution in [0.25, 0.3) is 0 Å². The Morgan fingerprint density at radius 3 is 2.92 bits per heavy atom. The molecule has 1 aliphatic rings. The fourth-order valence-corrected chi connectivity index (χ4v) is 3.25. The lowest BCUT2D eigenvalue weighted by atomic mass is 10.0. The van der Waals surface area contributed by atoms with Gasteiger partial charge in [-0.15, -0.1) is 0 Å². The molecule has 2 aromatic rings. The van der Waals surface area contributed by atoms with E-state index in [2.05, 4.69) is 16.5 Å². The van der Waals surface area contributed by atoms with Crippen molar-refractivity contribution in [2.75, 3.05) is 16.8 Å². The van der Waals surface area contributed by atoms with Crippen LogP contribution in [0.5, 0.6) is 0 Å². The van der Waals surface area contributed by atoms with E-state index in [-0.39, 0.29) is 11.8 Å². The molecule has 0 unspecified atom stereocenters. The van der Waals surface area contributed by atoms with Crippen molar-refractivity contribution >= 4 is 23.2 Å². The van der Waals surface area contributed by atoms with Crippen LogP contribution in [0.2, 0.25) is 0 Å². The molecule has 0 spiro atoms. The van der Waals surface area contributed by atoms with Crippen LogP contribution in [0.1, 0.15) is 41.4 Å². The van der Waals surface area contributed by atoms with Gasteiger partial charge in [0.15, 0.2) is 0 Å². The number of fused-ring (bicyclic) bond motifs is 1. The van der Waals surface area contributed by atoms with Crippen molar-refractivity contribution in [3.63, 3.8) is 0 Å². The average molecular weight is 351 g/mol. The van der Waals surface area contributed by atoms with Crippen LogP contribution >= 0.6 is 0 Å². The summed E-state index contributed by atoms with van der Waals surface area (Å²) in [6.07, 6.45) is 3.67. The molecule has 0 aliphatic carbocycles. The van der Waals surface area contributed by atoms with Crippen LogP contribution in [0.15, 0.2) is 24.4 Å². The Labute approximate surface area is 152 Å². The van der Waals surface area contributed by atoms with E-state index in [0.29, 0.717) is 24.2 Å². The molecule has 2 heterocycles. The van der Waals surface area contributed by atoms with Crippen LogP contribution < -0.4 is 10.2 Å². The van der Waals surface area contributed by atoms with Crippen molar-refractivity contribution in [3.8, 4) is 6.07 Å². The Kier molecular flexibility index (Phi) is 5.03. The van der Waals surface area contributed by atoms with Crippen LogP contribution in [0, 0.1) is 18.3 Å². The first-order valence-corrected chi connectivity index (χ1v) is 8.63. The van der Waals surface area contributed by atoms with Gasteiger partial charge in [0, 0.05) is 30.5 Å². The molecule has 0 bridgehead atoms. The largest absolute Gasteiger partial charge is 0.322 e. The molecule has 3 rings (SSSR count). The number of rotatable bonds is 4. The van der Waals surface area contributed by atoms with Crippen molar-refractivity contribution < 1.29 is 9.59 Å². The van der Waals surface area contributed by atoms with Crippen molar-refractivity contribution in [1.82, 2.24) is 9.78 Å². The van der Waals surface area contributed by atoms with Gasteiger partial charge < -0.3 is 10.2 Å². The standard InChI is InChI=1S/C19H21N5O2/c1-13-17(12-21-24(13)10-4-8-20)19(26)22-16-6-7-18-15(11-16)5-3-9-23(18)14(2)25/h6-7,11-12H,3-5,9-10H2,1-2H3,(H,22,26). The minimum absolute atomic E-state index is 0.0307. The van der Waals surface area contributed by atoms with Gasteiger partial charge in [0.25, 0.3) is 5.91 Å². The topological polar surface area (TPSA) is 91.0 Å². The number of carbonyl (C=O) groups is 2. The van der Waals surface area contributed by atoms with Gasteiger partial charge in [-0.05, 0) is 43.5 Å². The molecular formula is C19H21N5O2. The molecule has 1 aliphatic heterocycles. The third kappa shape index (κ3) is 3.45. The van der Waals surface area contributed by atoms with Crippen molar-refractivity contribution in [1.29, 1.82) is 5.26 Å². The molecule has 1 aromatic carbocycles. The predicted molar refractivity (Wildman–Crippen MR) is 97.9 cm³/mol. The molecule has 0 atom stereocenters. The first kappa shape index (κ1) is 17.7. The number of amides is 2. The normalized spacial score (nSPS) is 13.0. The molecule has 0 radical (unpaired) electrons. The zero-order valence-corrected chi connectivity index (χ0v) is 15.0. The van der Waals surface area contributed by atoms with Gasteiger partial charge in [0.2, 0.25) is 5.91 Å². The molecule has 0 fully saturated rings. The number of nitrogens with one attached hydrogen (secondary N) is 1. The second-order valence-electron chi connectivity index (χ2n) is 6.35. The molecule has 26 heavy (non-hydrogen) atoms. The van der Waals surface area contributed by atoms with Gasteiger partial charge >= 0.3 is 0 Å². The highest BCUT2D eigenvalue weighted by molar-refractivity contribution is 6.05. The predicted octanol–water partition coefficient (Wildman–Crippen LogP) is 2.66. The Morgan fingerprint density at radius 2 is 2.19 bits per heavy atom. The summed E-state index contributed by atoms with van der Waals surface area (Å²) in [6.45, 7) is 4.58. The van der Waals surface area contributed by atoms with Gasteiger partial charge in [0.1, 0.15) is 0 Å². The molecule has 0 saturated carbocycles. The number of carbonyl (C=O) groups excluding carboxylic acids is 2. The van der Waals surface area contributed by atoms with Gasteiger partial charge in [-0.3, -0.25) is 14.3 Å². The molecule has 0 saturated heterocycles. The fraction of sp³-hybridized carbons (Fsp3) is 0.368. The van der Waals surface area contributed by atoms with E-state index in [0.717, 1.165) is 36.3 Å². The van der Waals surface area contributed by atoms with Gasteiger partial charge in [-0.1, -0.05) is 0 Å². The summed E-state index contributed by atoms with van der Waals surface area (Å²) in [5.74, 6) is -0.201. The number of nitrogens with zero attached hydrogens (tertiary/aromatic N) is 4. The molecule has 134 valence electrons. The second kappa shape index (κ2) is 7.40. The average Bonchev–Trinajstić information content (AvgIpc) is 2.99. The zero-order chi connectivity index (χ0) is 18.7.